The number of rotatable bonds is 6. The monoisotopic (exact) mass is 471 g/mol. The summed E-state index contributed by atoms with van der Waals surface area (Å²) in [5, 5.41) is 7.50. The first-order chi connectivity index (χ1) is 11.0. The number of ketones is 1. The number of nitrogen functional groups attached to an aromatic ring is 1. The average molecular weight is 473 g/mol. The average Bonchev–Trinajstić information content (AvgIpc) is 2.55. The maximum Gasteiger partial charge on any atom is 0.312 e. The molecular weight excluding hydrogens is 454 g/mol. The number of benzene rings is 2. The second kappa shape index (κ2) is 10.8. The summed E-state index contributed by atoms with van der Waals surface area (Å²) in [5.41, 5.74) is 11.8. The Bertz CT molecular complexity index is 752. The first-order valence-electron chi connectivity index (χ1n) is 7.02. The highest BCUT2D eigenvalue weighted by atomic mass is 79.9. The Labute approximate surface area is 166 Å². The molecule has 2 aromatic carbocycles. The van der Waals surface area contributed by atoms with E-state index in [4.69, 9.17) is 21.6 Å². The van der Waals surface area contributed by atoms with Gasteiger partial charge in [-0.15, -0.1) is 34.0 Å². The van der Waals surface area contributed by atoms with Crippen LogP contribution < -0.4 is 16.2 Å². The minimum atomic E-state index is -0.523. The molecule has 5 N–H and O–H groups in total. The van der Waals surface area contributed by atoms with E-state index in [0.717, 1.165) is 0 Å². The van der Waals surface area contributed by atoms with Gasteiger partial charge in [0, 0.05) is 17.7 Å². The lowest BCUT2D eigenvalue weighted by Crippen LogP contribution is -2.17. The van der Waals surface area contributed by atoms with Crippen molar-refractivity contribution in [3.05, 3.63) is 65.2 Å². The molecule has 6 nitrogen and oxygen atoms in total. The molecule has 0 aromatic heterocycles. The molecule has 0 bridgehead atoms. The SMILES string of the molecule is Br.Br.N=C(N)c1ccc(OC(=O)CCN)c(C(=O)c2ccccc2)c1. The van der Waals surface area contributed by atoms with Crippen LogP contribution >= 0.6 is 34.0 Å². The van der Waals surface area contributed by atoms with Crippen molar-refractivity contribution in [2.24, 2.45) is 11.5 Å². The summed E-state index contributed by atoms with van der Waals surface area (Å²) in [5.74, 6) is -0.885. The molecule has 0 saturated carbocycles. The van der Waals surface area contributed by atoms with Gasteiger partial charge in [-0.2, -0.15) is 0 Å². The molecule has 0 aliphatic carbocycles. The largest absolute Gasteiger partial charge is 0.426 e. The molecule has 0 fully saturated rings. The summed E-state index contributed by atoms with van der Waals surface area (Å²) in [4.78, 5) is 24.3. The van der Waals surface area contributed by atoms with Gasteiger partial charge >= 0.3 is 5.97 Å². The maximum absolute atomic E-state index is 12.7. The van der Waals surface area contributed by atoms with Crippen molar-refractivity contribution >= 4 is 51.6 Å². The van der Waals surface area contributed by atoms with Crippen LogP contribution in [-0.4, -0.2) is 24.1 Å². The molecule has 2 rings (SSSR count). The Balaban J connectivity index is 0.00000288. The van der Waals surface area contributed by atoms with E-state index in [2.05, 4.69) is 0 Å². The summed E-state index contributed by atoms with van der Waals surface area (Å²) in [6.07, 6.45) is 0.0490. The van der Waals surface area contributed by atoms with E-state index in [-0.39, 0.29) is 69.9 Å². The van der Waals surface area contributed by atoms with Gasteiger partial charge in [-0.3, -0.25) is 15.0 Å². The number of halogens is 2. The first-order valence-corrected chi connectivity index (χ1v) is 7.02. The molecule has 0 saturated heterocycles. The lowest BCUT2D eigenvalue weighted by Gasteiger charge is -2.11. The summed E-state index contributed by atoms with van der Waals surface area (Å²) in [7, 11) is 0. The molecule has 0 spiro atoms. The number of carbonyl (C=O) groups excluding carboxylic acids is 2. The van der Waals surface area contributed by atoms with Crippen molar-refractivity contribution in [3.63, 3.8) is 0 Å². The fraction of sp³-hybridized carbons (Fsp3) is 0.118. The molecule has 8 heteroatoms. The quantitative estimate of drug-likeness (QED) is 0.196. The van der Waals surface area contributed by atoms with Crippen molar-refractivity contribution in [3.8, 4) is 5.75 Å². The maximum atomic E-state index is 12.7. The fourth-order valence-electron chi connectivity index (χ4n) is 2.00. The Kier molecular flexibility index (Phi) is 9.88. The van der Waals surface area contributed by atoms with E-state index in [1.807, 2.05) is 0 Å². The van der Waals surface area contributed by atoms with Gasteiger partial charge in [0.25, 0.3) is 0 Å². The van der Waals surface area contributed by atoms with E-state index in [0.29, 0.717) is 11.1 Å². The molecular formula is C17H19Br2N3O3. The zero-order valence-corrected chi connectivity index (χ0v) is 16.7. The molecule has 0 atom stereocenters. The van der Waals surface area contributed by atoms with E-state index in [1.165, 1.54) is 18.2 Å². The van der Waals surface area contributed by atoms with Crippen LogP contribution in [0.1, 0.15) is 27.9 Å². The predicted molar refractivity (Wildman–Crippen MR) is 107 cm³/mol. The number of amidine groups is 1. The lowest BCUT2D eigenvalue weighted by molar-refractivity contribution is -0.134. The van der Waals surface area contributed by atoms with Crippen molar-refractivity contribution in [1.29, 1.82) is 5.41 Å². The van der Waals surface area contributed by atoms with Gasteiger partial charge in [-0.25, -0.2) is 0 Å². The molecule has 0 aliphatic rings. The van der Waals surface area contributed by atoms with Crippen LogP contribution in [0.15, 0.2) is 48.5 Å². The minimum absolute atomic E-state index is 0. The smallest absolute Gasteiger partial charge is 0.312 e. The third-order valence-electron chi connectivity index (χ3n) is 3.14. The number of nitrogens with one attached hydrogen (secondary N) is 1. The summed E-state index contributed by atoms with van der Waals surface area (Å²) in [6.45, 7) is 0.159. The molecule has 2 aromatic rings. The van der Waals surface area contributed by atoms with Gasteiger partial charge in [0.1, 0.15) is 11.6 Å². The lowest BCUT2D eigenvalue weighted by atomic mass is 10.00. The Hall–Kier alpha value is -2.03. The van der Waals surface area contributed by atoms with Gasteiger partial charge in [0.05, 0.1) is 12.0 Å². The highest BCUT2D eigenvalue weighted by Crippen LogP contribution is 2.24. The van der Waals surface area contributed by atoms with Gasteiger partial charge in [-0.05, 0) is 18.2 Å². The zero-order valence-electron chi connectivity index (χ0n) is 13.2. The Morgan fingerprint density at radius 3 is 2.20 bits per heavy atom. The second-order valence-corrected chi connectivity index (χ2v) is 4.83. The number of ether oxygens (including phenoxy) is 1. The number of nitrogens with two attached hydrogens (primary N) is 2. The molecule has 0 radical (unpaired) electrons. The van der Waals surface area contributed by atoms with Crippen molar-refractivity contribution < 1.29 is 14.3 Å². The second-order valence-electron chi connectivity index (χ2n) is 4.83. The topological polar surface area (TPSA) is 119 Å². The number of esters is 1. The Morgan fingerprint density at radius 1 is 1.00 bits per heavy atom. The van der Waals surface area contributed by atoms with Gasteiger partial charge in [0.15, 0.2) is 5.78 Å². The van der Waals surface area contributed by atoms with Gasteiger partial charge in [0.2, 0.25) is 0 Å². The van der Waals surface area contributed by atoms with E-state index < -0.39 is 5.97 Å². The highest BCUT2D eigenvalue weighted by Gasteiger charge is 2.18. The van der Waals surface area contributed by atoms with Crippen LogP contribution in [0.2, 0.25) is 0 Å². The van der Waals surface area contributed by atoms with Crippen molar-refractivity contribution in [2.75, 3.05) is 6.54 Å². The summed E-state index contributed by atoms with van der Waals surface area (Å²) in [6, 6.07) is 13.0. The molecule has 134 valence electrons. The van der Waals surface area contributed by atoms with Crippen LogP contribution in [-0.2, 0) is 4.79 Å². The summed E-state index contributed by atoms with van der Waals surface area (Å²) < 4.78 is 5.21. The minimum Gasteiger partial charge on any atom is -0.426 e. The fourth-order valence-corrected chi connectivity index (χ4v) is 2.00. The molecule has 0 heterocycles. The molecule has 0 aliphatic heterocycles. The third-order valence-corrected chi connectivity index (χ3v) is 3.14. The molecule has 25 heavy (non-hydrogen) atoms. The third kappa shape index (κ3) is 6.08. The van der Waals surface area contributed by atoms with Crippen LogP contribution in [0, 0.1) is 5.41 Å². The van der Waals surface area contributed by atoms with E-state index in [9.17, 15) is 9.59 Å². The molecule has 0 amide bonds. The molecule has 0 unspecified atom stereocenters. The number of carbonyl (C=O) groups is 2. The van der Waals surface area contributed by atoms with Gasteiger partial charge < -0.3 is 16.2 Å². The van der Waals surface area contributed by atoms with Crippen LogP contribution in [0.25, 0.3) is 0 Å². The Morgan fingerprint density at radius 2 is 1.64 bits per heavy atom. The van der Waals surface area contributed by atoms with E-state index >= 15 is 0 Å². The standard InChI is InChI=1S/C17H17N3O3.2BrH/c18-9-8-15(21)23-14-7-6-12(17(19)20)10-13(14)16(22)11-4-2-1-3-5-11;;/h1-7,10H,8-9,18H2,(H3,19,20);2*1H. The van der Waals surface area contributed by atoms with Crippen LogP contribution in [0.5, 0.6) is 5.75 Å². The van der Waals surface area contributed by atoms with Gasteiger partial charge in [-0.1, -0.05) is 30.3 Å². The first kappa shape index (κ1) is 23.0. The normalized spacial score (nSPS) is 9.32. The van der Waals surface area contributed by atoms with Crippen LogP contribution in [0.3, 0.4) is 0 Å². The zero-order chi connectivity index (χ0) is 16.8. The highest BCUT2D eigenvalue weighted by molar-refractivity contribution is 8.93. The number of hydrogen-bond donors (Lipinski definition) is 3. The number of hydrogen-bond acceptors (Lipinski definition) is 5. The van der Waals surface area contributed by atoms with Crippen LogP contribution in [0.4, 0.5) is 0 Å². The van der Waals surface area contributed by atoms with E-state index in [1.54, 1.807) is 30.3 Å². The summed E-state index contributed by atoms with van der Waals surface area (Å²) >= 11 is 0. The van der Waals surface area contributed by atoms with Crippen molar-refractivity contribution in [1.82, 2.24) is 0 Å². The van der Waals surface area contributed by atoms with Crippen molar-refractivity contribution in [2.45, 2.75) is 6.42 Å². The predicted octanol–water partition coefficient (Wildman–Crippen LogP) is 2.61.